The van der Waals surface area contributed by atoms with E-state index in [0.717, 1.165) is 23.5 Å². The molecule has 1 aliphatic rings. The Morgan fingerprint density at radius 1 is 1.35 bits per heavy atom. The number of amidine groups is 1. The van der Waals surface area contributed by atoms with Gasteiger partial charge in [0.2, 0.25) is 0 Å². The summed E-state index contributed by atoms with van der Waals surface area (Å²) in [5, 5.41) is 7.80. The first kappa shape index (κ1) is 14.7. The number of nitrogens with two attached hydrogens (primary N) is 1. The molecule has 0 heterocycles. The lowest BCUT2D eigenvalue weighted by Gasteiger charge is -2.36. The molecule has 1 fully saturated rings. The quantitative estimate of drug-likeness (QED) is 0.641. The Balaban J connectivity index is 2.37. The molecule has 3 N–H and O–H groups in total. The molecular weight excluding hydrogens is 250 g/mol. The first-order chi connectivity index (χ1) is 9.67. The highest BCUT2D eigenvalue weighted by Gasteiger charge is 2.23. The van der Waals surface area contributed by atoms with Crippen LogP contribution in [0.1, 0.15) is 44.6 Å². The Morgan fingerprint density at radius 3 is 2.60 bits per heavy atom. The molecule has 0 aliphatic heterocycles. The number of methoxy groups -OCH3 is 1. The summed E-state index contributed by atoms with van der Waals surface area (Å²) in [7, 11) is 1.67. The molecule has 1 aromatic rings. The minimum absolute atomic E-state index is 0.122. The van der Waals surface area contributed by atoms with Crippen LogP contribution >= 0.6 is 0 Å². The number of nitrogen functional groups attached to an aromatic ring is 1. The molecule has 0 spiro atoms. The van der Waals surface area contributed by atoms with Crippen LogP contribution in [-0.4, -0.2) is 25.5 Å². The van der Waals surface area contributed by atoms with Crippen LogP contribution in [0.3, 0.4) is 0 Å². The Kier molecular flexibility index (Phi) is 4.88. The molecule has 1 aliphatic carbocycles. The zero-order valence-electron chi connectivity index (χ0n) is 12.5. The van der Waals surface area contributed by atoms with E-state index in [9.17, 15) is 0 Å². The molecule has 2 rings (SSSR count). The number of hydrogen-bond donors (Lipinski definition) is 2. The number of rotatable bonds is 5. The van der Waals surface area contributed by atoms with Crippen molar-refractivity contribution in [2.24, 2.45) is 5.73 Å². The Bertz CT molecular complexity index is 467. The molecule has 4 nitrogen and oxygen atoms in total. The molecule has 0 amide bonds. The van der Waals surface area contributed by atoms with Crippen molar-refractivity contribution >= 4 is 11.5 Å². The van der Waals surface area contributed by atoms with Crippen molar-refractivity contribution < 1.29 is 4.74 Å². The molecule has 20 heavy (non-hydrogen) atoms. The minimum Gasteiger partial charge on any atom is -0.497 e. The second-order valence-corrected chi connectivity index (χ2v) is 5.37. The van der Waals surface area contributed by atoms with Crippen LogP contribution in [0, 0.1) is 5.41 Å². The maximum Gasteiger partial charge on any atom is 0.124 e. The van der Waals surface area contributed by atoms with Gasteiger partial charge in [-0.15, -0.1) is 0 Å². The lowest BCUT2D eigenvalue weighted by Crippen LogP contribution is -2.38. The zero-order valence-corrected chi connectivity index (χ0v) is 12.5. The van der Waals surface area contributed by atoms with Crippen LogP contribution in [0.5, 0.6) is 5.75 Å². The predicted molar refractivity (Wildman–Crippen MR) is 83.9 cm³/mol. The molecule has 110 valence electrons. The molecule has 0 unspecified atom stereocenters. The zero-order chi connectivity index (χ0) is 14.5. The maximum absolute atomic E-state index is 7.80. The lowest BCUT2D eigenvalue weighted by molar-refractivity contribution is 0.409. The van der Waals surface area contributed by atoms with Gasteiger partial charge in [-0.3, -0.25) is 5.41 Å². The second kappa shape index (κ2) is 6.64. The molecule has 1 saturated carbocycles. The topological polar surface area (TPSA) is 62.3 Å². The monoisotopic (exact) mass is 275 g/mol. The van der Waals surface area contributed by atoms with Crippen molar-refractivity contribution in [2.45, 2.75) is 45.1 Å². The fourth-order valence-corrected chi connectivity index (χ4v) is 3.12. The number of hydrogen-bond acceptors (Lipinski definition) is 3. The highest BCUT2D eigenvalue weighted by atomic mass is 16.5. The van der Waals surface area contributed by atoms with Gasteiger partial charge in [0.05, 0.1) is 12.8 Å². The molecule has 0 bridgehead atoms. The summed E-state index contributed by atoms with van der Waals surface area (Å²) in [6.07, 6.45) is 6.37. The summed E-state index contributed by atoms with van der Waals surface area (Å²) in [6, 6.07) is 6.32. The Labute approximate surface area is 121 Å². The number of nitrogens with zero attached hydrogens (tertiary/aromatic N) is 1. The highest BCUT2D eigenvalue weighted by Crippen LogP contribution is 2.32. The van der Waals surface area contributed by atoms with Crippen LogP contribution < -0.4 is 15.4 Å². The summed E-state index contributed by atoms with van der Waals surface area (Å²) < 4.78 is 5.33. The van der Waals surface area contributed by atoms with Crippen LogP contribution in [-0.2, 0) is 0 Å². The first-order valence-electron chi connectivity index (χ1n) is 7.46. The van der Waals surface area contributed by atoms with Gasteiger partial charge in [0.15, 0.2) is 0 Å². The third kappa shape index (κ3) is 3.06. The Hall–Kier alpha value is -1.71. The third-order valence-corrected chi connectivity index (χ3v) is 4.16. The normalized spacial score (nSPS) is 15.9. The summed E-state index contributed by atoms with van der Waals surface area (Å²) >= 11 is 0. The van der Waals surface area contributed by atoms with Crippen LogP contribution in [0.2, 0.25) is 0 Å². The van der Waals surface area contributed by atoms with E-state index >= 15 is 0 Å². The molecular formula is C16H25N3O. The summed E-state index contributed by atoms with van der Waals surface area (Å²) in [4.78, 5) is 2.39. The van der Waals surface area contributed by atoms with Crippen LogP contribution in [0.4, 0.5) is 5.69 Å². The van der Waals surface area contributed by atoms with Gasteiger partial charge in [-0.25, -0.2) is 0 Å². The standard InChI is InChI=1S/C16H25N3O/c1-3-19(12-7-5-4-6-8-12)15-11-13(20-2)9-10-14(15)16(17)18/h9-12H,3-8H2,1-2H3,(H3,17,18). The van der Waals surface area contributed by atoms with Crippen LogP contribution in [0.15, 0.2) is 18.2 Å². The van der Waals surface area contributed by atoms with E-state index in [1.165, 1.54) is 32.1 Å². The summed E-state index contributed by atoms with van der Waals surface area (Å²) in [5.74, 6) is 0.941. The maximum atomic E-state index is 7.80. The number of anilines is 1. The highest BCUT2D eigenvalue weighted by molar-refractivity contribution is 6.00. The van der Waals surface area contributed by atoms with Gasteiger partial charge in [0.1, 0.15) is 11.6 Å². The van der Waals surface area contributed by atoms with E-state index in [-0.39, 0.29) is 5.84 Å². The Morgan fingerprint density at radius 2 is 2.05 bits per heavy atom. The van der Waals surface area contributed by atoms with E-state index in [1.54, 1.807) is 7.11 Å². The van der Waals surface area contributed by atoms with Crippen molar-refractivity contribution in [3.8, 4) is 5.75 Å². The van der Waals surface area contributed by atoms with Crippen molar-refractivity contribution in [3.63, 3.8) is 0 Å². The fraction of sp³-hybridized carbons (Fsp3) is 0.562. The van der Waals surface area contributed by atoms with E-state index < -0.39 is 0 Å². The van der Waals surface area contributed by atoms with Gasteiger partial charge < -0.3 is 15.4 Å². The average molecular weight is 275 g/mol. The summed E-state index contributed by atoms with van der Waals surface area (Å²) in [5.41, 5.74) is 7.58. The van der Waals surface area contributed by atoms with Crippen molar-refractivity contribution in [3.05, 3.63) is 23.8 Å². The van der Waals surface area contributed by atoms with Crippen molar-refractivity contribution in [2.75, 3.05) is 18.6 Å². The molecule has 1 aromatic carbocycles. The van der Waals surface area contributed by atoms with Gasteiger partial charge in [0.25, 0.3) is 0 Å². The van der Waals surface area contributed by atoms with Crippen molar-refractivity contribution in [1.29, 1.82) is 5.41 Å². The number of ether oxygens (including phenoxy) is 1. The summed E-state index contributed by atoms with van der Waals surface area (Å²) in [6.45, 7) is 3.09. The lowest BCUT2D eigenvalue weighted by atomic mass is 9.93. The van der Waals surface area contributed by atoms with Gasteiger partial charge in [0, 0.05) is 24.2 Å². The van der Waals surface area contributed by atoms with Gasteiger partial charge >= 0.3 is 0 Å². The SMILES string of the molecule is CCN(c1cc(OC)ccc1C(=N)N)C1CCCCC1. The van der Waals surface area contributed by atoms with Gasteiger partial charge in [-0.05, 0) is 31.9 Å². The third-order valence-electron chi connectivity index (χ3n) is 4.16. The largest absolute Gasteiger partial charge is 0.497 e. The van der Waals surface area contributed by atoms with E-state index in [2.05, 4.69) is 11.8 Å². The van der Waals surface area contributed by atoms with Gasteiger partial charge in [-0.1, -0.05) is 19.3 Å². The fourth-order valence-electron chi connectivity index (χ4n) is 3.12. The second-order valence-electron chi connectivity index (χ2n) is 5.37. The first-order valence-corrected chi connectivity index (χ1v) is 7.46. The molecule has 0 aromatic heterocycles. The van der Waals surface area contributed by atoms with E-state index in [4.69, 9.17) is 15.9 Å². The number of benzene rings is 1. The average Bonchev–Trinajstić information content (AvgIpc) is 2.48. The molecule has 0 atom stereocenters. The van der Waals surface area contributed by atoms with E-state index in [0.29, 0.717) is 6.04 Å². The molecule has 0 radical (unpaired) electrons. The van der Waals surface area contributed by atoms with Gasteiger partial charge in [-0.2, -0.15) is 0 Å². The molecule has 0 saturated heterocycles. The van der Waals surface area contributed by atoms with Crippen LogP contribution in [0.25, 0.3) is 0 Å². The van der Waals surface area contributed by atoms with E-state index in [1.807, 2.05) is 18.2 Å². The smallest absolute Gasteiger partial charge is 0.124 e. The predicted octanol–water partition coefficient (Wildman–Crippen LogP) is 3.14. The van der Waals surface area contributed by atoms with Crippen molar-refractivity contribution in [1.82, 2.24) is 0 Å². The molecule has 4 heteroatoms. The number of nitrogens with one attached hydrogen (secondary N) is 1. The minimum atomic E-state index is 0.122.